The average Bonchev–Trinajstić information content (AvgIpc) is 3.48. The molecule has 1 fully saturated rings. The number of imidazole rings is 1. The first kappa shape index (κ1) is 20.9. The largest absolute Gasteiger partial charge is 0.493 e. The van der Waals surface area contributed by atoms with Gasteiger partial charge in [0, 0.05) is 16.9 Å². The summed E-state index contributed by atoms with van der Waals surface area (Å²) in [5.74, 6) is -0.103. The van der Waals surface area contributed by atoms with Gasteiger partial charge in [0.15, 0.2) is 10.9 Å². The standard InChI is InChI=1S/C21H23N5O4S/c1-12-6-7-16(15(8-12)18(28)13-4-2-3-5-13)24-19(29)25-20-23-14(11-31-20)10-26-17(27)9-22-21(26)30/h6-9,11,13,27H,2-5,10H2,1H3,(H,22,30)(H2,23,24,25,29). The molecule has 1 aliphatic carbocycles. The summed E-state index contributed by atoms with van der Waals surface area (Å²) in [6.07, 6.45) is 5.10. The van der Waals surface area contributed by atoms with Crippen LogP contribution in [0.5, 0.6) is 5.88 Å². The lowest BCUT2D eigenvalue weighted by molar-refractivity contribution is 0.0923. The molecule has 2 amide bonds. The Bertz CT molecular complexity index is 1170. The van der Waals surface area contributed by atoms with Gasteiger partial charge < -0.3 is 15.4 Å². The van der Waals surface area contributed by atoms with Gasteiger partial charge >= 0.3 is 11.7 Å². The van der Waals surface area contributed by atoms with E-state index in [1.807, 2.05) is 19.1 Å². The maximum Gasteiger partial charge on any atom is 0.328 e. The van der Waals surface area contributed by atoms with Gasteiger partial charge in [-0.2, -0.15) is 0 Å². The minimum atomic E-state index is -0.508. The third-order valence-electron chi connectivity index (χ3n) is 5.35. The number of aromatic hydroxyl groups is 1. The molecular weight excluding hydrogens is 418 g/mol. The van der Waals surface area contributed by atoms with E-state index in [9.17, 15) is 19.5 Å². The van der Waals surface area contributed by atoms with Gasteiger partial charge in [0.05, 0.1) is 24.1 Å². The molecule has 4 rings (SSSR count). The number of amides is 2. The summed E-state index contributed by atoms with van der Waals surface area (Å²) in [7, 11) is 0. The number of benzene rings is 1. The molecule has 2 heterocycles. The molecule has 0 spiro atoms. The van der Waals surface area contributed by atoms with Crippen LogP contribution in [-0.2, 0) is 6.54 Å². The number of thiazole rings is 1. The predicted octanol–water partition coefficient (Wildman–Crippen LogP) is 3.71. The van der Waals surface area contributed by atoms with E-state index in [2.05, 4.69) is 20.6 Å². The monoisotopic (exact) mass is 441 g/mol. The first-order valence-electron chi connectivity index (χ1n) is 10.0. The number of Topliss-reactive ketones (excluding diaryl/α,β-unsaturated/α-hetero) is 1. The van der Waals surface area contributed by atoms with Crippen LogP contribution in [0.3, 0.4) is 0 Å². The smallest absolute Gasteiger partial charge is 0.328 e. The van der Waals surface area contributed by atoms with Crippen molar-refractivity contribution in [2.75, 3.05) is 10.6 Å². The first-order chi connectivity index (χ1) is 14.9. The normalized spacial score (nSPS) is 14.0. The highest BCUT2D eigenvalue weighted by Gasteiger charge is 2.26. The van der Waals surface area contributed by atoms with Gasteiger partial charge in [0.25, 0.3) is 0 Å². The third kappa shape index (κ3) is 4.69. The van der Waals surface area contributed by atoms with Crippen LogP contribution in [0.2, 0.25) is 0 Å². The fourth-order valence-corrected chi connectivity index (χ4v) is 4.46. The number of aryl methyl sites for hydroxylation is 1. The summed E-state index contributed by atoms with van der Waals surface area (Å²) in [4.78, 5) is 43.8. The van der Waals surface area contributed by atoms with Crippen molar-refractivity contribution >= 4 is 34.0 Å². The second kappa shape index (κ2) is 8.76. The highest BCUT2D eigenvalue weighted by molar-refractivity contribution is 7.13. The van der Waals surface area contributed by atoms with Crippen molar-refractivity contribution in [3.8, 4) is 5.88 Å². The van der Waals surface area contributed by atoms with Gasteiger partial charge in [-0.1, -0.05) is 24.5 Å². The van der Waals surface area contributed by atoms with Gasteiger partial charge in [-0.25, -0.2) is 14.6 Å². The van der Waals surface area contributed by atoms with Crippen molar-refractivity contribution in [2.45, 2.75) is 39.2 Å². The molecule has 1 aromatic carbocycles. The molecule has 1 aliphatic rings. The van der Waals surface area contributed by atoms with Gasteiger partial charge in [-0.15, -0.1) is 11.3 Å². The number of carbonyl (C=O) groups is 2. The summed E-state index contributed by atoms with van der Waals surface area (Å²) in [6, 6.07) is 4.90. The number of ketones is 1. The van der Waals surface area contributed by atoms with E-state index in [-0.39, 0.29) is 24.1 Å². The average molecular weight is 442 g/mol. The molecular formula is C21H23N5O4S. The van der Waals surface area contributed by atoms with Crippen molar-refractivity contribution in [2.24, 2.45) is 5.92 Å². The maximum atomic E-state index is 12.9. The Morgan fingerprint density at radius 3 is 2.77 bits per heavy atom. The van der Waals surface area contributed by atoms with Crippen LogP contribution >= 0.6 is 11.3 Å². The third-order valence-corrected chi connectivity index (χ3v) is 6.16. The molecule has 4 N–H and O–H groups in total. The van der Waals surface area contributed by atoms with Crippen LogP contribution in [0, 0.1) is 12.8 Å². The molecule has 0 saturated heterocycles. The maximum absolute atomic E-state index is 12.9. The van der Waals surface area contributed by atoms with Crippen molar-refractivity contribution in [1.29, 1.82) is 0 Å². The second-order valence-corrected chi connectivity index (χ2v) is 8.51. The zero-order valence-corrected chi connectivity index (χ0v) is 17.8. The van der Waals surface area contributed by atoms with E-state index in [1.165, 1.54) is 17.5 Å². The van der Waals surface area contributed by atoms with E-state index in [1.54, 1.807) is 11.4 Å². The number of nitrogens with zero attached hydrogens (tertiary/aromatic N) is 2. The lowest BCUT2D eigenvalue weighted by Crippen LogP contribution is -2.22. The number of urea groups is 1. The predicted molar refractivity (Wildman–Crippen MR) is 118 cm³/mol. The van der Waals surface area contributed by atoms with Crippen LogP contribution in [0.4, 0.5) is 15.6 Å². The van der Waals surface area contributed by atoms with Crippen LogP contribution in [0.15, 0.2) is 34.6 Å². The number of aromatic nitrogens is 3. The van der Waals surface area contributed by atoms with Crippen LogP contribution in [0.25, 0.3) is 0 Å². The summed E-state index contributed by atoms with van der Waals surface area (Å²) in [6.45, 7) is 1.99. The molecule has 162 valence electrons. The lowest BCUT2D eigenvalue weighted by atomic mass is 9.94. The molecule has 0 radical (unpaired) electrons. The minimum absolute atomic E-state index is 0.0141. The Hall–Kier alpha value is -3.40. The second-order valence-electron chi connectivity index (χ2n) is 7.66. The Balaban J connectivity index is 1.44. The molecule has 10 heteroatoms. The van der Waals surface area contributed by atoms with Gasteiger partial charge in [-0.3, -0.25) is 14.7 Å². The number of hydrogen-bond donors (Lipinski definition) is 4. The molecule has 0 unspecified atom stereocenters. The van der Waals surface area contributed by atoms with Gasteiger partial charge in [0.1, 0.15) is 0 Å². The fraction of sp³-hybridized carbons (Fsp3) is 0.333. The van der Waals surface area contributed by atoms with Crippen molar-refractivity contribution in [3.63, 3.8) is 0 Å². The molecule has 31 heavy (non-hydrogen) atoms. The topological polar surface area (TPSA) is 129 Å². The van der Waals surface area contributed by atoms with Crippen molar-refractivity contribution in [3.05, 3.63) is 57.1 Å². The van der Waals surface area contributed by atoms with E-state index in [4.69, 9.17) is 0 Å². The van der Waals surface area contributed by atoms with Crippen LogP contribution < -0.4 is 16.3 Å². The Kier molecular flexibility index (Phi) is 5.90. The Morgan fingerprint density at radius 2 is 2.06 bits per heavy atom. The van der Waals surface area contributed by atoms with Crippen LogP contribution in [-0.4, -0.2) is 31.5 Å². The Morgan fingerprint density at radius 1 is 1.29 bits per heavy atom. The molecule has 0 aliphatic heterocycles. The summed E-state index contributed by atoms with van der Waals surface area (Å²) in [5.41, 5.74) is 2.03. The molecule has 3 aromatic rings. The highest BCUT2D eigenvalue weighted by Crippen LogP contribution is 2.31. The SMILES string of the molecule is Cc1ccc(NC(=O)Nc2nc(Cn3c(O)c[nH]c3=O)cs2)c(C(=O)C2CCCC2)c1. The summed E-state index contributed by atoms with van der Waals surface area (Å²) < 4.78 is 1.13. The fourth-order valence-electron chi connectivity index (χ4n) is 3.77. The number of anilines is 2. The summed E-state index contributed by atoms with van der Waals surface area (Å²) in [5, 5.41) is 17.1. The lowest BCUT2D eigenvalue weighted by Gasteiger charge is -2.14. The molecule has 1 saturated carbocycles. The molecule has 2 aromatic heterocycles. The van der Waals surface area contributed by atoms with E-state index < -0.39 is 11.7 Å². The highest BCUT2D eigenvalue weighted by atomic mass is 32.1. The van der Waals surface area contributed by atoms with Crippen LogP contribution in [0.1, 0.15) is 47.3 Å². The first-order valence-corrected chi connectivity index (χ1v) is 10.9. The molecule has 0 atom stereocenters. The van der Waals surface area contributed by atoms with E-state index in [0.717, 1.165) is 35.8 Å². The zero-order valence-electron chi connectivity index (χ0n) is 17.0. The number of hydrogen-bond acceptors (Lipinski definition) is 6. The van der Waals surface area contributed by atoms with E-state index in [0.29, 0.717) is 22.1 Å². The quantitative estimate of drug-likeness (QED) is 0.433. The molecule has 9 nitrogen and oxygen atoms in total. The minimum Gasteiger partial charge on any atom is -0.493 e. The van der Waals surface area contributed by atoms with Crippen molar-refractivity contribution < 1.29 is 14.7 Å². The molecule has 0 bridgehead atoms. The number of rotatable bonds is 6. The number of aromatic amines is 1. The number of carbonyl (C=O) groups excluding carboxylic acids is 2. The number of nitrogens with one attached hydrogen (secondary N) is 3. The van der Waals surface area contributed by atoms with Crippen molar-refractivity contribution in [1.82, 2.24) is 14.5 Å². The summed E-state index contributed by atoms with van der Waals surface area (Å²) >= 11 is 1.20. The Labute approximate surface area is 182 Å². The van der Waals surface area contributed by atoms with E-state index >= 15 is 0 Å². The zero-order chi connectivity index (χ0) is 22.0. The van der Waals surface area contributed by atoms with Gasteiger partial charge in [0.2, 0.25) is 5.88 Å². The number of H-pyrrole nitrogens is 1. The van der Waals surface area contributed by atoms with Gasteiger partial charge in [-0.05, 0) is 31.9 Å².